The van der Waals surface area contributed by atoms with Gasteiger partial charge in [0.15, 0.2) is 0 Å². The van der Waals surface area contributed by atoms with E-state index < -0.39 is 6.10 Å². The molecule has 0 aromatic heterocycles. The van der Waals surface area contributed by atoms with Crippen molar-refractivity contribution < 1.29 is 64.5 Å². The van der Waals surface area contributed by atoms with Crippen LogP contribution >= 0.6 is 0 Å². The molecule has 6 heteroatoms. The van der Waals surface area contributed by atoms with Crippen LogP contribution in [0, 0.1) is 0 Å². The van der Waals surface area contributed by atoms with Gasteiger partial charge in [-0.2, -0.15) is 0 Å². The van der Waals surface area contributed by atoms with Crippen molar-refractivity contribution in [3.8, 4) is 0 Å². The first-order valence-electron chi connectivity index (χ1n) is 1.56. The van der Waals surface area contributed by atoms with Crippen LogP contribution in [0.3, 0.4) is 0 Å². The van der Waals surface area contributed by atoms with Crippen LogP contribution in [0.1, 0.15) is 6.92 Å². The van der Waals surface area contributed by atoms with E-state index in [0.29, 0.717) is 0 Å². The van der Waals surface area contributed by atoms with Gasteiger partial charge in [0.25, 0.3) is 0 Å². The van der Waals surface area contributed by atoms with Crippen molar-refractivity contribution in [3.63, 3.8) is 0 Å². The zero-order valence-electron chi connectivity index (χ0n) is 4.67. The van der Waals surface area contributed by atoms with E-state index >= 15 is 0 Å². The van der Waals surface area contributed by atoms with Crippen molar-refractivity contribution in [1.29, 1.82) is 0 Å². The standard InChI is InChI=1S/C3H8O2.3ClH.Fe/c1-3(5)2-4;;;;/h3-5H,2H2,1H3;3*1H;/q;;;;+3/p-3. The third-order valence-electron chi connectivity index (χ3n) is 0.264. The summed E-state index contributed by atoms with van der Waals surface area (Å²) in [5.41, 5.74) is 0. The molecule has 0 bridgehead atoms. The molecule has 0 fully saturated rings. The predicted molar refractivity (Wildman–Crippen MR) is 18.8 cm³/mol. The molecular formula is C3H8Cl3FeO2. The Labute approximate surface area is 84.1 Å². The zero-order valence-corrected chi connectivity index (χ0v) is 8.04. The Kier molecular flexibility index (Phi) is 80.3. The van der Waals surface area contributed by atoms with Gasteiger partial charge in [-0.3, -0.25) is 0 Å². The summed E-state index contributed by atoms with van der Waals surface area (Å²) in [6.07, 6.45) is -0.560. The van der Waals surface area contributed by atoms with Crippen molar-refractivity contribution in [2.24, 2.45) is 0 Å². The predicted octanol–water partition coefficient (Wildman–Crippen LogP) is -9.63. The molecule has 0 heterocycles. The van der Waals surface area contributed by atoms with Crippen molar-refractivity contribution in [2.45, 2.75) is 13.0 Å². The monoisotopic (exact) mass is 237 g/mol. The van der Waals surface area contributed by atoms with Crippen LogP contribution in [0.15, 0.2) is 0 Å². The molecule has 2 N–H and O–H groups in total. The molecular weight excluding hydrogens is 230 g/mol. The van der Waals surface area contributed by atoms with Gasteiger partial charge < -0.3 is 47.4 Å². The Morgan fingerprint density at radius 1 is 1.22 bits per heavy atom. The minimum absolute atomic E-state index is 0. The molecule has 9 heavy (non-hydrogen) atoms. The van der Waals surface area contributed by atoms with Gasteiger partial charge in [-0.05, 0) is 6.92 Å². The van der Waals surface area contributed by atoms with Gasteiger partial charge in [0, 0.05) is 0 Å². The summed E-state index contributed by atoms with van der Waals surface area (Å²) in [4.78, 5) is 0. The topological polar surface area (TPSA) is 40.5 Å². The van der Waals surface area contributed by atoms with Crippen molar-refractivity contribution in [1.82, 2.24) is 0 Å². The molecule has 2 nitrogen and oxygen atoms in total. The fraction of sp³-hybridized carbons (Fsp3) is 1.00. The largest absolute Gasteiger partial charge is 3.00 e. The SMILES string of the molecule is CC(O)CO.[Cl-].[Cl-].[Cl-].[Fe+3]. The summed E-state index contributed by atoms with van der Waals surface area (Å²) in [5.74, 6) is 0. The molecule has 1 atom stereocenters. The molecule has 0 aromatic carbocycles. The van der Waals surface area contributed by atoms with Crippen LogP contribution < -0.4 is 37.2 Å². The molecule has 0 aromatic rings. The second-order valence-electron chi connectivity index (χ2n) is 1.03. The maximum Gasteiger partial charge on any atom is 3.00 e. The third-order valence-corrected chi connectivity index (χ3v) is 0.264. The molecule has 0 spiro atoms. The van der Waals surface area contributed by atoms with Crippen LogP contribution in [0.5, 0.6) is 0 Å². The summed E-state index contributed by atoms with van der Waals surface area (Å²) >= 11 is 0. The van der Waals surface area contributed by atoms with Crippen LogP contribution in [-0.2, 0) is 17.1 Å². The van der Waals surface area contributed by atoms with Crippen molar-refractivity contribution >= 4 is 0 Å². The summed E-state index contributed by atoms with van der Waals surface area (Å²) in [6, 6.07) is 0. The Balaban J connectivity index is -0.0000000133. The number of hydrogen-bond donors (Lipinski definition) is 2. The number of halogens is 3. The van der Waals surface area contributed by atoms with Crippen molar-refractivity contribution in [2.75, 3.05) is 6.61 Å². The second-order valence-corrected chi connectivity index (χ2v) is 1.03. The zero-order chi connectivity index (χ0) is 4.28. The Bertz CT molecular complexity index is 31.0. The molecule has 0 aliphatic rings. The second kappa shape index (κ2) is 22.8. The molecule has 0 rings (SSSR count). The summed E-state index contributed by atoms with van der Waals surface area (Å²) in [7, 11) is 0. The summed E-state index contributed by atoms with van der Waals surface area (Å²) < 4.78 is 0. The van der Waals surface area contributed by atoms with Crippen LogP contribution in [0.2, 0.25) is 0 Å². The third kappa shape index (κ3) is 45.4. The fourth-order valence-corrected chi connectivity index (χ4v) is 0. The molecule has 0 aliphatic heterocycles. The first-order chi connectivity index (χ1) is 2.27. The van der Waals surface area contributed by atoms with Gasteiger partial charge in [-0.15, -0.1) is 0 Å². The van der Waals surface area contributed by atoms with Crippen LogP contribution in [-0.4, -0.2) is 22.9 Å². The summed E-state index contributed by atoms with van der Waals surface area (Å²) in [6.45, 7) is 1.39. The maximum atomic E-state index is 8.11. The Morgan fingerprint density at radius 2 is 1.33 bits per heavy atom. The van der Waals surface area contributed by atoms with E-state index in [1.165, 1.54) is 6.92 Å². The average Bonchev–Trinajstić information content (AvgIpc) is 1.38. The minimum atomic E-state index is -0.560. The maximum absolute atomic E-state index is 8.11. The first kappa shape index (κ1) is 31.7. The molecule has 61 valence electrons. The van der Waals surface area contributed by atoms with E-state index in [1.807, 2.05) is 0 Å². The van der Waals surface area contributed by atoms with Crippen LogP contribution in [0.25, 0.3) is 0 Å². The smallest absolute Gasteiger partial charge is 1.00 e. The average molecular weight is 238 g/mol. The Hall–Kier alpha value is 1.31. The van der Waals surface area contributed by atoms with Gasteiger partial charge in [-0.1, -0.05) is 0 Å². The van der Waals surface area contributed by atoms with Crippen molar-refractivity contribution in [3.05, 3.63) is 0 Å². The normalized spacial score (nSPS) is 8.33. The number of rotatable bonds is 1. The van der Waals surface area contributed by atoms with Gasteiger partial charge in [-0.25, -0.2) is 0 Å². The Morgan fingerprint density at radius 3 is 1.33 bits per heavy atom. The van der Waals surface area contributed by atoms with Gasteiger partial charge >= 0.3 is 17.1 Å². The van der Waals surface area contributed by atoms with E-state index in [1.54, 1.807) is 0 Å². The number of aliphatic hydroxyl groups is 2. The molecule has 0 aliphatic carbocycles. The van der Waals surface area contributed by atoms with E-state index in [4.69, 9.17) is 10.2 Å². The van der Waals surface area contributed by atoms with Crippen LogP contribution in [0.4, 0.5) is 0 Å². The van der Waals surface area contributed by atoms with E-state index in [0.717, 1.165) is 0 Å². The quantitative estimate of drug-likeness (QED) is 0.445. The summed E-state index contributed by atoms with van der Waals surface area (Å²) in [5, 5.41) is 16.0. The first-order valence-corrected chi connectivity index (χ1v) is 1.56. The van der Waals surface area contributed by atoms with Gasteiger partial charge in [0.1, 0.15) is 0 Å². The van der Waals surface area contributed by atoms with Gasteiger partial charge in [0.05, 0.1) is 12.7 Å². The van der Waals surface area contributed by atoms with E-state index in [2.05, 4.69) is 0 Å². The molecule has 0 saturated carbocycles. The number of hydrogen-bond acceptors (Lipinski definition) is 2. The molecule has 0 saturated heterocycles. The number of aliphatic hydroxyl groups excluding tert-OH is 2. The fourth-order valence-electron chi connectivity index (χ4n) is 0. The van der Waals surface area contributed by atoms with E-state index in [9.17, 15) is 0 Å². The van der Waals surface area contributed by atoms with E-state index in [-0.39, 0.29) is 60.9 Å². The molecule has 1 unspecified atom stereocenters. The molecule has 0 amide bonds. The molecule has 1 radical (unpaired) electrons. The van der Waals surface area contributed by atoms with Gasteiger partial charge in [0.2, 0.25) is 0 Å². The minimum Gasteiger partial charge on any atom is -1.00 e.